The van der Waals surface area contributed by atoms with Gasteiger partial charge in [0.1, 0.15) is 5.75 Å². The van der Waals surface area contributed by atoms with Gasteiger partial charge in [0.15, 0.2) is 17.3 Å². The zero-order chi connectivity index (χ0) is 17.5. The Morgan fingerprint density at radius 2 is 1.79 bits per heavy atom. The third-order valence-corrected chi connectivity index (χ3v) is 3.35. The Morgan fingerprint density at radius 1 is 1.04 bits per heavy atom. The van der Waals surface area contributed by atoms with E-state index in [9.17, 15) is 4.79 Å². The number of para-hydroxylation sites is 1. The summed E-state index contributed by atoms with van der Waals surface area (Å²) in [5, 5.41) is 0. The van der Waals surface area contributed by atoms with Crippen molar-refractivity contribution >= 4 is 11.9 Å². The smallest absolute Gasteiger partial charge is 0.185 e. The van der Waals surface area contributed by atoms with Crippen LogP contribution < -0.4 is 14.2 Å². The number of carbonyl (C=O) groups is 1. The average molecular weight is 326 g/mol. The summed E-state index contributed by atoms with van der Waals surface area (Å²) in [6.07, 6.45) is 3.27. The van der Waals surface area contributed by atoms with Gasteiger partial charge in [0.25, 0.3) is 0 Å². The highest BCUT2D eigenvalue weighted by molar-refractivity contribution is 6.07. The van der Waals surface area contributed by atoms with Crippen LogP contribution in [0.2, 0.25) is 0 Å². The van der Waals surface area contributed by atoms with Gasteiger partial charge in [0, 0.05) is 11.1 Å². The lowest BCUT2D eigenvalue weighted by Crippen LogP contribution is -2.08. The summed E-state index contributed by atoms with van der Waals surface area (Å²) in [4.78, 5) is 12.4. The van der Waals surface area contributed by atoms with Crippen LogP contribution in [0.25, 0.3) is 6.08 Å². The molecule has 0 spiro atoms. The van der Waals surface area contributed by atoms with Gasteiger partial charge in [-0.3, -0.25) is 4.79 Å². The molecule has 126 valence electrons. The Bertz CT molecular complexity index is 732. The first-order chi connectivity index (χ1) is 11.5. The summed E-state index contributed by atoms with van der Waals surface area (Å²) in [5.74, 6) is 1.82. The second kappa shape index (κ2) is 8.20. The van der Waals surface area contributed by atoms with Crippen molar-refractivity contribution in [3.05, 3.63) is 59.7 Å². The number of rotatable bonds is 7. The van der Waals surface area contributed by atoms with E-state index in [2.05, 4.69) is 0 Å². The standard InChI is InChI=1S/C20H22O4/c1-14(2)24-20-15(7-6-10-19(20)23-4)11-12-18(21)16-8-5-9-17(13-16)22-3/h5-14H,1-4H3. The van der Waals surface area contributed by atoms with Crippen molar-refractivity contribution in [1.82, 2.24) is 0 Å². The van der Waals surface area contributed by atoms with Crippen molar-refractivity contribution in [2.75, 3.05) is 14.2 Å². The van der Waals surface area contributed by atoms with Crippen molar-refractivity contribution in [3.8, 4) is 17.2 Å². The predicted molar refractivity (Wildman–Crippen MR) is 95.1 cm³/mol. The quantitative estimate of drug-likeness (QED) is 0.559. The van der Waals surface area contributed by atoms with Gasteiger partial charge in [-0.15, -0.1) is 0 Å². The van der Waals surface area contributed by atoms with E-state index in [0.717, 1.165) is 5.56 Å². The molecule has 0 amide bonds. The molecule has 0 fully saturated rings. The van der Waals surface area contributed by atoms with Gasteiger partial charge in [-0.25, -0.2) is 0 Å². The number of ether oxygens (including phenoxy) is 3. The molecule has 0 atom stereocenters. The highest BCUT2D eigenvalue weighted by Gasteiger charge is 2.11. The summed E-state index contributed by atoms with van der Waals surface area (Å²) < 4.78 is 16.3. The fraction of sp³-hybridized carbons (Fsp3) is 0.250. The van der Waals surface area contributed by atoms with Crippen LogP contribution in [0.4, 0.5) is 0 Å². The van der Waals surface area contributed by atoms with Crippen molar-refractivity contribution in [2.45, 2.75) is 20.0 Å². The lowest BCUT2D eigenvalue weighted by Gasteiger charge is -2.15. The molecule has 0 heterocycles. The summed E-state index contributed by atoms with van der Waals surface area (Å²) in [6.45, 7) is 3.89. The molecule has 0 bridgehead atoms. The van der Waals surface area contributed by atoms with Crippen molar-refractivity contribution in [1.29, 1.82) is 0 Å². The molecular formula is C20H22O4. The molecule has 2 aromatic carbocycles. The minimum atomic E-state index is -0.104. The molecular weight excluding hydrogens is 304 g/mol. The van der Waals surface area contributed by atoms with E-state index in [1.807, 2.05) is 32.0 Å². The van der Waals surface area contributed by atoms with Gasteiger partial charge in [0.05, 0.1) is 20.3 Å². The molecule has 0 aromatic heterocycles. The van der Waals surface area contributed by atoms with E-state index in [1.54, 1.807) is 44.6 Å². The first-order valence-corrected chi connectivity index (χ1v) is 7.75. The Balaban J connectivity index is 2.29. The van der Waals surface area contributed by atoms with Crippen molar-refractivity contribution in [2.24, 2.45) is 0 Å². The van der Waals surface area contributed by atoms with Gasteiger partial charge in [-0.1, -0.05) is 24.3 Å². The molecule has 0 saturated carbocycles. The van der Waals surface area contributed by atoms with E-state index >= 15 is 0 Å². The molecule has 0 aliphatic heterocycles. The molecule has 0 saturated heterocycles. The fourth-order valence-electron chi connectivity index (χ4n) is 2.22. The fourth-order valence-corrected chi connectivity index (χ4v) is 2.22. The molecule has 4 heteroatoms. The summed E-state index contributed by atoms with van der Waals surface area (Å²) in [6, 6.07) is 12.6. The average Bonchev–Trinajstić information content (AvgIpc) is 2.60. The van der Waals surface area contributed by atoms with E-state index in [1.165, 1.54) is 6.08 Å². The van der Waals surface area contributed by atoms with Crippen molar-refractivity contribution in [3.63, 3.8) is 0 Å². The Labute approximate surface area is 142 Å². The monoisotopic (exact) mass is 326 g/mol. The van der Waals surface area contributed by atoms with E-state index in [4.69, 9.17) is 14.2 Å². The van der Waals surface area contributed by atoms with Crippen molar-refractivity contribution < 1.29 is 19.0 Å². The minimum Gasteiger partial charge on any atom is -0.497 e. The number of allylic oxidation sites excluding steroid dienone is 1. The normalized spacial score (nSPS) is 10.9. The van der Waals surface area contributed by atoms with E-state index in [0.29, 0.717) is 22.8 Å². The maximum Gasteiger partial charge on any atom is 0.185 e. The molecule has 0 radical (unpaired) electrons. The van der Waals surface area contributed by atoms with E-state index in [-0.39, 0.29) is 11.9 Å². The number of methoxy groups -OCH3 is 2. The first-order valence-electron chi connectivity index (χ1n) is 7.75. The lowest BCUT2D eigenvalue weighted by molar-refractivity contribution is 0.104. The molecule has 2 rings (SSSR count). The van der Waals surface area contributed by atoms with Gasteiger partial charge in [-0.05, 0) is 44.2 Å². The van der Waals surface area contributed by atoms with Crippen LogP contribution in [-0.2, 0) is 0 Å². The molecule has 0 N–H and O–H groups in total. The number of ketones is 1. The number of hydrogen-bond acceptors (Lipinski definition) is 4. The van der Waals surface area contributed by atoms with Gasteiger partial charge in [0.2, 0.25) is 0 Å². The summed E-state index contributed by atoms with van der Waals surface area (Å²) in [5.41, 5.74) is 1.36. The Kier molecular flexibility index (Phi) is 6.01. The van der Waals surface area contributed by atoms with E-state index < -0.39 is 0 Å². The molecule has 0 aliphatic rings. The molecule has 4 nitrogen and oxygen atoms in total. The largest absolute Gasteiger partial charge is 0.497 e. The Hall–Kier alpha value is -2.75. The number of benzene rings is 2. The summed E-state index contributed by atoms with van der Waals surface area (Å²) in [7, 11) is 3.17. The predicted octanol–water partition coefficient (Wildman–Crippen LogP) is 4.39. The maximum absolute atomic E-state index is 12.4. The topological polar surface area (TPSA) is 44.8 Å². The second-order valence-electron chi connectivity index (χ2n) is 5.47. The van der Waals surface area contributed by atoms with Crippen LogP contribution in [0.15, 0.2) is 48.5 Å². The SMILES string of the molecule is COc1cccc(C(=O)C=Cc2cccc(OC)c2OC(C)C)c1. The number of hydrogen-bond donors (Lipinski definition) is 0. The van der Waals surface area contributed by atoms with Crippen LogP contribution in [-0.4, -0.2) is 26.1 Å². The number of carbonyl (C=O) groups excluding carboxylic acids is 1. The highest BCUT2D eigenvalue weighted by Crippen LogP contribution is 2.33. The molecule has 0 aliphatic carbocycles. The van der Waals surface area contributed by atoms with Gasteiger partial charge < -0.3 is 14.2 Å². The molecule has 2 aromatic rings. The molecule has 24 heavy (non-hydrogen) atoms. The van der Waals surface area contributed by atoms with Crippen LogP contribution >= 0.6 is 0 Å². The van der Waals surface area contributed by atoms with Crippen LogP contribution in [0, 0.1) is 0 Å². The maximum atomic E-state index is 12.4. The highest BCUT2D eigenvalue weighted by atomic mass is 16.5. The second-order valence-corrected chi connectivity index (χ2v) is 5.47. The van der Waals surface area contributed by atoms with Crippen LogP contribution in [0.5, 0.6) is 17.2 Å². The summed E-state index contributed by atoms with van der Waals surface area (Å²) >= 11 is 0. The lowest BCUT2D eigenvalue weighted by atomic mass is 10.1. The van der Waals surface area contributed by atoms with Gasteiger partial charge in [-0.2, -0.15) is 0 Å². The third kappa shape index (κ3) is 4.38. The van der Waals surface area contributed by atoms with Gasteiger partial charge >= 0.3 is 0 Å². The minimum absolute atomic E-state index is 0.00235. The van der Waals surface area contributed by atoms with Crippen LogP contribution in [0.1, 0.15) is 29.8 Å². The zero-order valence-electron chi connectivity index (χ0n) is 14.4. The molecule has 0 unspecified atom stereocenters. The first kappa shape index (κ1) is 17.6. The third-order valence-electron chi connectivity index (χ3n) is 3.35. The zero-order valence-corrected chi connectivity index (χ0v) is 14.4. The van der Waals surface area contributed by atoms with Crippen LogP contribution in [0.3, 0.4) is 0 Å². The Morgan fingerprint density at radius 3 is 2.46 bits per heavy atom.